The van der Waals surface area contributed by atoms with Crippen LogP contribution in [0.1, 0.15) is 32.9 Å². The summed E-state index contributed by atoms with van der Waals surface area (Å²) in [5, 5.41) is 5.08. The lowest BCUT2D eigenvalue weighted by molar-refractivity contribution is -0.115. The first-order chi connectivity index (χ1) is 13.1. The Morgan fingerprint density at radius 2 is 2.14 bits per heavy atom. The highest BCUT2D eigenvalue weighted by molar-refractivity contribution is 6.13. The van der Waals surface area contributed by atoms with Gasteiger partial charge in [0.15, 0.2) is 0 Å². The summed E-state index contributed by atoms with van der Waals surface area (Å²) in [7, 11) is 1.52. The molecule has 2 saturated heterocycles. The van der Waals surface area contributed by atoms with Crippen LogP contribution < -0.4 is 15.5 Å². The maximum absolute atomic E-state index is 11.9. The molecular weight excluding hydrogens is 364 g/mol. The molecule has 0 spiro atoms. The molecule has 2 N–H and O–H groups in total. The van der Waals surface area contributed by atoms with Gasteiger partial charge in [0.1, 0.15) is 11.3 Å². The van der Waals surface area contributed by atoms with Crippen LogP contribution in [-0.4, -0.2) is 64.7 Å². The van der Waals surface area contributed by atoms with E-state index in [-0.39, 0.29) is 11.7 Å². The molecule has 28 heavy (non-hydrogen) atoms. The number of hydrogen-bond acceptors (Lipinski definition) is 7. The quantitative estimate of drug-likeness (QED) is 0.588. The molecule has 1 unspecified atom stereocenters. The van der Waals surface area contributed by atoms with Gasteiger partial charge >= 0.3 is 12.1 Å². The molecule has 1 aromatic rings. The summed E-state index contributed by atoms with van der Waals surface area (Å²) in [6.45, 7) is 6.68. The molecule has 4 amide bonds. The zero-order valence-electron chi connectivity index (χ0n) is 16.4. The minimum absolute atomic E-state index is 0.0650. The number of rotatable bonds is 3. The molecule has 10 nitrogen and oxygen atoms in total. The predicted molar refractivity (Wildman–Crippen MR) is 101 cm³/mol. The lowest BCUT2D eigenvalue weighted by Crippen LogP contribution is -2.40. The van der Waals surface area contributed by atoms with Crippen molar-refractivity contribution in [1.29, 1.82) is 0 Å². The topological polar surface area (TPSA) is 117 Å². The van der Waals surface area contributed by atoms with Crippen molar-refractivity contribution in [1.82, 2.24) is 25.5 Å². The number of carbonyl (C=O) groups is 3. The third-order valence-corrected chi connectivity index (χ3v) is 4.26. The van der Waals surface area contributed by atoms with Crippen LogP contribution in [0.15, 0.2) is 18.0 Å². The van der Waals surface area contributed by atoms with Gasteiger partial charge in [0.05, 0.1) is 11.7 Å². The summed E-state index contributed by atoms with van der Waals surface area (Å²) in [6.07, 6.45) is 3.43. The number of imide groups is 1. The Labute approximate surface area is 162 Å². The molecule has 3 heterocycles. The van der Waals surface area contributed by atoms with E-state index in [0.717, 1.165) is 6.42 Å². The Morgan fingerprint density at radius 1 is 1.39 bits per heavy atom. The van der Waals surface area contributed by atoms with E-state index in [2.05, 4.69) is 20.6 Å². The average molecular weight is 388 g/mol. The van der Waals surface area contributed by atoms with E-state index in [1.165, 1.54) is 18.0 Å². The van der Waals surface area contributed by atoms with Crippen molar-refractivity contribution in [2.45, 2.75) is 38.8 Å². The second-order valence-electron chi connectivity index (χ2n) is 7.71. The number of amides is 4. The van der Waals surface area contributed by atoms with Crippen LogP contribution in [0.4, 0.5) is 15.5 Å². The molecule has 0 aromatic carbocycles. The van der Waals surface area contributed by atoms with E-state index in [1.807, 2.05) is 25.7 Å². The van der Waals surface area contributed by atoms with E-state index < -0.39 is 23.6 Å². The van der Waals surface area contributed by atoms with Crippen molar-refractivity contribution in [2.75, 3.05) is 25.0 Å². The van der Waals surface area contributed by atoms with Crippen LogP contribution >= 0.6 is 0 Å². The van der Waals surface area contributed by atoms with Crippen molar-refractivity contribution >= 4 is 30.1 Å². The number of nitrogens with zero attached hydrogens (tertiary/aromatic N) is 4. The van der Waals surface area contributed by atoms with E-state index >= 15 is 0 Å². The van der Waals surface area contributed by atoms with Gasteiger partial charge in [-0.1, -0.05) is 0 Å². The Kier molecular flexibility index (Phi) is 5.21. The number of aromatic nitrogens is 2. The van der Waals surface area contributed by atoms with E-state index in [9.17, 15) is 14.4 Å². The first-order valence-electron chi connectivity index (χ1n) is 9.00. The molecular formula is C18H24N6O4. The number of carbonyl (C=O) groups excluding carboxylic acids is 3. The number of ether oxygens (including phenoxy) is 1. The molecule has 3 rings (SSSR count). The minimum atomic E-state index is -0.547. The van der Waals surface area contributed by atoms with Gasteiger partial charge in [-0.3, -0.25) is 15.0 Å². The monoisotopic (exact) mass is 388 g/mol. The molecule has 150 valence electrons. The van der Waals surface area contributed by atoms with Crippen molar-refractivity contribution in [3.63, 3.8) is 0 Å². The summed E-state index contributed by atoms with van der Waals surface area (Å²) >= 11 is 0. The van der Waals surface area contributed by atoms with E-state index in [4.69, 9.17) is 4.74 Å². The van der Waals surface area contributed by atoms with Crippen molar-refractivity contribution in [2.24, 2.45) is 0 Å². The summed E-state index contributed by atoms with van der Waals surface area (Å²) < 4.78 is 5.29. The van der Waals surface area contributed by atoms with E-state index in [1.54, 1.807) is 12.3 Å². The van der Waals surface area contributed by atoms with Crippen LogP contribution in [0.2, 0.25) is 0 Å². The minimum Gasteiger partial charge on any atom is -0.444 e. The number of urea groups is 1. The predicted octanol–water partition coefficient (Wildman–Crippen LogP) is 1.10. The Hall–Kier alpha value is -3.17. The fourth-order valence-electron chi connectivity index (χ4n) is 2.94. The van der Waals surface area contributed by atoms with Crippen molar-refractivity contribution < 1.29 is 19.1 Å². The molecule has 1 aromatic heterocycles. The van der Waals surface area contributed by atoms with Crippen LogP contribution in [0.25, 0.3) is 6.08 Å². The fraction of sp³-hybridized carbons (Fsp3) is 0.500. The smallest absolute Gasteiger partial charge is 0.407 e. The first kappa shape index (κ1) is 19.6. The average Bonchev–Trinajstić information content (AvgIpc) is 3.14. The lowest BCUT2D eigenvalue weighted by atomic mass is 10.2. The highest BCUT2D eigenvalue weighted by Gasteiger charge is 2.30. The highest BCUT2D eigenvalue weighted by Crippen LogP contribution is 2.19. The maximum Gasteiger partial charge on any atom is 0.407 e. The highest BCUT2D eigenvalue weighted by atomic mass is 16.6. The number of likely N-dealkylation sites (N-methyl/N-ethyl adjacent to an activating group) is 1. The standard InChI is InChI=1S/C18H24N6O4/c1-18(2,3)28-17(27)21-12-6-8-24(10-12)15-19-7-5-11(20-15)9-13-14(25)22-16(26)23(13)4/h5,7,9,12H,6,8,10H2,1-4H3,(H,21,27)(H,22,25,26)/b13-9-. The Balaban J connectivity index is 1.66. The number of hydrogen-bond donors (Lipinski definition) is 2. The molecule has 2 aliphatic heterocycles. The normalized spacial score (nSPS) is 21.3. The van der Waals surface area contributed by atoms with Crippen LogP contribution in [0.3, 0.4) is 0 Å². The summed E-state index contributed by atoms with van der Waals surface area (Å²) in [5.41, 5.74) is 0.190. The molecule has 2 fully saturated rings. The fourth-order valence-corrected chi connectivity index (χ4v) is 2.94. The Morgan fingerprint density at radius 3 is 2.79 bits per heavy atom. The third kappa shape index (κ3) is 4.56. The van der Waals surface area contributed by atoms with Gasteiger partial charge < -0.3 is 15.0 Å². The summed E-state index contributed by atoms with van der Waals surface area (Å²) in [6, 6.07) is 1.12. The number of nitrogens with one attached hydrogen (secondary N) is 2. The van der Waals surface area contributed by atoms with Crippen LogP contribution in [-0.2, 0) is 9.53 Å². The SMILES string of the molecule is CN1C(=O)NC(=O)/C1=C/c1ccnc(N2CCC(NC(=O)OC(C)(C)C)C2)n1. The summed E-state index contributed by atoms with van der Waals surface area (Å²) in [5.74, 6) is 0.0330. The molecule has 1 atom stereocenters. The zero-order chi connectivity index (χ0) is 20.5. The third-order valence-electron chi connectivity index (χ3n) is 4.26. The second-order valence-corrected chi connectivity index (χ2v) is 7.71. The van der Waals surface area contributed by atoms with E-state index in [0.29, 0.717) is 24.7 Å². The molecule has 2 aliphatic rings. The van der Waals surface area contributed by atoms with Crippen LogP contribution in [0.5, 0.6) is 0 Å². The van der Waals surface area contributed by atoms with Gasteiger partial charge in [0, 0.05) is 26.3 Å². The van der Waals surface area contributed by atoms with Gasteiger partial charge in [0.2, 0.25) is 5.95 Å². The molecule has 0 bridgehead atoms. The zero-order valence-corrected chi connectivity index (χ0v) is 16.4. The van der Waals surface area contributed by atoms with Crippen molar-refractivity contribution in [3.05, 3.63) is 23.7 Å². The van der Waals surface area contributed by atoms with Gasteiger partial charge in [-0.2, -0.15) is 0 Å². The molecule has 10 heteroatoms. The van der Waals surface area contributed by atoms with Gasteiger partial charge in [-0.05, 0) is 39.3 Å². The van der Waals surface area contributed by atoms with Gasteiger partial charge in [-0.25, -0.2) is 19.6 Å². The maximum atomic E-state index is 11.9. The van der Waals surface area contributed by atoms with Crippen LogP contribution in [0, 0.1) is 0 Å². The molecule has 0 aliphatic carbocycles. The Bertz CT molecular complexity index is 832. The second kappa shape index (κ2) is 7.45. The lowest BCUT2D eigenvalue weighted by Gasteiger charge is -2.22. The van der Waals surface area contributed by atoms with Gasteiger partial charge in [0.25, 0.3) is 5.91 Å². The number of anilines is 1. The summed E-state index contributed by atoms with van der Waals surface area (Å²) in [4.78, 5) is 47.2. The number of alkyl carbamates (subject to hydrolysis) is 1. The molecule has 0 radical (unpaired) electrons. The first-order valence-corrected chi connectivity index (χ1v) is 9.00. The van der Waals surface area contributed by atoms with Crippen molar-refractivity contribution in [3.8, 4) is 0 Å². The van der Waals surface area contributed by atoms with Gasteiger partial charge in [-0.15, -0.1) is 0 Å². The largest absolute Gasteiger partial charge is 0.444 e. The molecule has 0 saturated carbocycles.